The monoisotopic (exact) mass is 184 g/mol. The second-order valence-electron chi connectivity index (χ2n) is 2.13. The van der Waals surface area contributed by atoms with E-state index in [1.807, 2.05) is 0 Å². The van der Waals surface area contributed by atoms with Gasteiger partial charge in [-0.1, -0.05) is 23.2 Å². The lowest BCUT2D eigenvalue weighted by Gasteiger charge is -2.21. The molecule has 60 valence electrons. The standard InChI is InChI=1S/C6H10Cl2O2/c1-6(2,9-3)10-4-5(7)8/h4H,1-3H3. The van der Waals surface area contributed by atoms with Crippen LogP contribution >= 0.6 is 23.2 Å². The molecule has 0 aliphatic rings. The number of hydrogen-bond acceptors (Lipinski definition) is 2. The van der Waals surface area contributed by atoms with Gasteiger partial charge in [0, 0.05) is 21.0 Å². The molecule has 0 unspecified atom stereocenters. The van der Waals surface area contributed by atoms with E-state index < -0.39 is 5.79 Å². The average molecular weight is 185 g/mol. The normalized spacial score (nSPS) is 10.9. The lowest BCUT2D eigenvalue weighted by molar-refractivity contribution is -0.161. The zero-order valence-electron chi connectivity index (χ0n) is 6.15. The van der Waals surface area contributed by atoms with E-state index in [1.165, 1.54) is 13.4 Å². The Morgan fingerprint density at radius 2 is 1.90 bits per heavy atom. The van der Waals surface area contributed by atoms with Crippen LogP contribution in [0.4, 0.5) is 0 Å². The van der Waals surface area contributed by atoms with E-state index in [1.54, 1.807) is 13.8 Å². The summed E-state index contributed by atoms with van der Waals surface area (Å²) in [5.74, 6) is -0.672. The first-order chi connectivity index (χ1) is 4.48. The smallest absolute Gasteiger partial charge is 0.203 e. The summed E-state index contributed by atoms with van der Waals surface area (Å²) in [5, 5.41) is 0. The molecule has 0 saturated heterocycles. The topological polar surface area (TPSA) is 18.5 Å². The Morgan fingerprint density at radius 1 is 1.40 bits per heavy atom. The van der Waals surface area contributed by atoms with E-state index in [0.29, 0.717) is 0 Å². The summed E-state index contributed by atoms with van der Waals surface area (Å²) >= 11 is 10.6. The Hall–Kier alpha value is 0.0800. The molecular formula is C6H10Cl2O2. The summed E-state index contributed by atoms with van der Waals surface area (Å²) in [7, 11) is 1.54. The predicted octanol–water partition coefficient (Wildman–Crippen LogP) is 2.66. The first-order valence-corrected chi connectivity index (χ1v) is 3.47. The highest BCUT2D eigenvalue weighted by atomic mass is 35.5. The summed E-state index contributed by atoms with van der Waals surface area (Å²) in [4.78, 5) is 0. The van der Waals surface area contributed by atoms with Crippen LogP contribution in [-0.4, -0.2) is 12.9 Å². The molecule has 0 radical (unpaired) electrons. The largest absolute Gasteiger partial charge is 0.468 e. The maximum absolute atomic E-state index is 5.29. The van der Waals surface area contributed by atoms with E-state index in [2.05, 4.69) is 0 Å². The molecule has 0 aliphatic heterocycles. The van der Waals surface area contributed by atoms with Gasteiger partial charge in [0.15, 0.2) is 0 Å². The number of methoxy groups -OCH3 is 1. The minimum absolute atomic E-state index is 0.0742. The first-order valence-electron chi connectivity index (χ1n) is 2.72. The van der Waals surface area contributed by atoms with Crippen LogP contribution in [0.3, 0.4) is 0 Å². The second kappa shape index (κ2) is 4.06. The molecule has 0 N–H and O–H groups in total. The lowest BCUT2D eigenvalue weighted by atomic mass is 10.4. The van der Waals surface area contributed by atoms with Crippen molar-refractivity contribution in [3.05, 3.63) is 10.8 Å². The summed E-state index contributed by atoms with van der Waals surface area (Å²) in [6.45, 7) is 3.50. The van der Waals surface area contributed by atoms with Gasteiger partial charge in [-0.05, 0) is 0 Å². The molecule has 0 spiro atoms. The maximum atomic E-state index is 5.29. The van der Waals surface area contributed by atoms with Crippen molar-refractivity contribution in [2.45, 2.75) is 19.6 Å². The van der Waals surface area contributed by atoms with Gasteiger partial charge in [0.1, 0.15) is 10.8 Å². The van der Waals surface area contributed by atoms with Gasteiger partial charge in [0.25, 0.3) is 0 Å². The number of rotatable bonds is 3. The molecule has 0 fully saturated rings. The van der Waals surface area contributed by atoms with Gasteiger partial charge in [-0.3, -0.25) is 0 Å². The van der Waals surface area contributed by atoms with Crippen LogP contribution in [-0.2, 0) is 9.47 Å². The van der Waals surface area contributed by atoms with Crippen LogP contribution in [0, 0.1) is 0 Å². The van der Waals surface area contributed by atoms with E-state index in [4.69, 9.17) is 32.7 Å². The Bertz CT molecular complexity index is 128. The van der Waals surface area contributed by atoms with Crippen LogP contribution in [0.15, 0.2) is 10.8 Å². The maximum Gasteiger partial charge on any atom is 0.203 e. The van der Waals surface area contributed by atoms with Crippen LogP contribution in [0.1, 0.15) is 13.8 Å². The molecule has 0 aliphatic carbocycles. The van der Waals surface area contributed by atoms with Crippen molar-refractivity contribution in [1.82, 2.24) is 0 Å². The predicted molar refractivity (Wildman–Crippen MR) is 42.0 cm³/mol. The molecule has 2 nitrogen and oxygen atoms in total. The van der Waals surface area contributed by atoms with Crippen molar-refractivity contribution in [2.24, 2.45) is 0 Å². The highest BCUT2D eigenvalue weighted by Crippen LogP contribution is 2.14. The lowest BCUT2D eigenvalue weighted by Crippen LogP contribution is -2.23. The molecule has 0 aromatic rings. The average Bonchev–Trinajstić information content (AvgIpc) is 1.85. The van der Waals surface area contributed by atoms with E-state index in [9.17, 15) is 0 Å². The third kappa shape index (κ3) is 4.91. The number of halogens is 2. The molecule has 0 atom stereocenters. The number of ether oxygens (including phenoxy) is 2. The van der Waals surface area contributed by atoms with Crippen molar-refractivity contribution in [3.8, 4) is 0 Å². The fraction of sp³-hybridized carbons (Fsp3) is 0.667. The molecule has 0 heterocycles. The number of hydrogen-bond donors (Lipinski definition) is 0. The van der Waals surface area contributed by atoms with Crippen molar-refractivity contribution in [1.29, 1.82) is 0 Å². The fourth-order valence-electron chi connectivity index (χ4n) is 0.235. The Kier molecular flexibility index (Phi) is 4.09. The molecule has 0 saturated carbocycles. The minimum atomic E-state index is -0.672. The fourth-order valence-corrected chi connectivity index (χ4v) is 0.324. The van der Waals surface area contributed by atoms with Gasteiger partial charge in [-0.25, -0.2) is 0 Å². The van der Waals surface area contributed by atoms with Gasteiger partial charge in [0.2, 0.25) is 5.79 Å². The van der Waals surface area contributed by atoms with Crippen molar-refractivity contribution >= 4 is 23.2 Å². The van der Waals surface area contributed by atoms with Gasteiger partial charge < -0.3 is 9.47 Å². The Balaban J connectivity index is 3.78. The Morgan fingerprint density at radius 3 is 2.20 bits per heavy atom. The van der Waals surface area contributed by atoms with Gasteiger partial charge >= 0.3 is 0 Å². The molecule has 10 heavy (non-hydrogen) atoms. The molecule has 0 amide bonds. The molecule has 0 aromatic heterocycles. The third-order valence-electron chi connectivity index (χ3n) is 0.923. The summed E-state index contributed by atoms with van der Waals surface area (Å²) in [5.41, 5.74) is 0. The molecule has 0 rings (SSSR count). The van der Waals surface area contributed by atoms with E-state index in [-0.39, 0.29) is 4.49 Å². The second-order valence-corrected chi connectivity index (χ2v) is 3.14. The van der Waals surface area contributed by atoms with Crippen molar-refractivity contribution in [3.63, 3.8) is 0 Å². The van der Waals surface area contributed by atoms with Crippen LogP contribution in [0.2, 0.25) is 0 Å². The summed E-state index contributed by atoms with van der Waals surface area (Å²) in [6.07, 6.45) is 1.23. The highest BCUT2D eigenvalue weighted by Gasteiger charge is 2.15. The van der Waals surface area contributed by atoms with Gasteiger partial charge in [0.05, 0.1) is 0 Å². The van der Waals surface area contributed by atoms with Gasteiger partial charge in [-0.15, -0.1) is 0 Å². The highest BCUT2D eigenvalue weighted by molar-refractivity contribution is 6.55. The minimum Gasteiger partial charge on any atom is -0.468 e. The molecule has 0 bridgehead atoms. The molecule has 0 aromatic carbocycles. The van der Waals surface area contributed by atoms with Crippen LogP contribution in [0.5, 0.6) is 0 Å². The SMILES string of the molecule is COC(C)(C)OC=C(Cl)Cl. The third-order valence-corrected chi connectivity index (χ3v) is 1.10. The summed E-state index contributed by atoms with van der Waals surface area (Å²) < 4.78 is 9.97. The first kappa shape index (κ1) is 10.1. The van der Waals surface area contributed by atoms with Crippen LogP contribution in [0.25, 0.3) is 0 Å². The molecular weight excluding hydrogens is 175 g/mol. The zero-order valence-corrected chi connectivity index (χ0v) is 7.66. The van der Waals surface area contributed by atoms with Crippen molar-refractivity contribution in [2.75, 3.05) is 7.11 Å². The summed E-state index contributed by atoms with van der Waals surface area (Å²) in [6, 6.07) is 0. The Labute approximate surface area is 70.7 Å². The molecule has 4 heteroatoms. The van der Waals surface area contributed by atoms with E-state index >= 15 is 0 Å². The quantitative estimate of drug-likeness (QED) is 0.497. The van der Waals surface area contributed by atoms with Crippen LogP contribution < -0.4 is 0 Å². The van der Waals surface area contributed by atoms with E-state index in [0.717, 1.165) is 0 Å². The van der Waals surface area contributed by atoms with Crippen molar-refractivity contribution < 1.29 is 9.47 Å². The van der Waals surface area contributed by atoms with Gasteiger partial charge in [-0.2, -0.15) is 0 Å². The zero-order chi connectivity index (χ0) is 8.20.